The molecule has 0 heterocycles. The van der Waals surface area contributed by atoms with E-state index in [0.29, 0.717) is 24.4 Å². The molecular formula is C18H30N2O4S2. The van der Waals surface area contributed by atoms with Gasteiger partial charge in [0, 0.05) is 24.1 Å². The number of nitrogens with one attached hydrogen (secondary N) is 1. The summed E-state index contributed by atoms with van der Waals surface area (Å²) in [6.07, 6.45) is 1.11. The lowest BCUT2D eigenvalue weighted by atomic mass is 10.2. The Labute approximate surface area is 161 Å². The lowest BCUT2D eigenvalue weighted by molar-refractivity contribution is -0.127. The number of hydrogen-bond acceptors (Lipinski definition) is 5. The number of amides is 1. The number of benzene rings is 1. The molecule has 26 heavy (non-hydrogen) atoms. The average Bonchev–Trinajstić information content (AvgIpc) is 2.54. The molecule has 0 bridgehead atoms. The molecule has 0 aliphatic heterocycles. The number of nitrogens with zero attached hydrogens (tertiary/aromatic N) is 1. The molecule has 6 nitrogen and oxygen atoms in total. The molecule has 0 aliphatic rings. The number of sulfonamides is 1. The molecule has 8 heteroatoms. The number of carbonyl (C=O) groups excluding carboxylic acids is 1. The second-order valence-corrected chi connectivity index (χ2v) is 10.9. The van der Waals surface area contributed by atoms with Crippen LogP contribution in [-0.2, 0) is 14.8 Å². The maximum atomic E-state index is 12.3. The lowest BCUT2D eigenvalue weighted by Crippen LogP contribution is -2.39. The maximum absolute atomic E-state index is 12.3. The van der Waals surface area contributed by atoms with Crippen molar-refractivity contribution in [2.75, 3.05) is 29.9 Å². The average molecular weight is 403 g/mol. The topological polar surface area (TPSA) is 75.7 Å². The van der Waals surface area contributed by atoms with Gasteiger partial charge in [-0.25, -0.2) is 8.42 Å². The van der Waals surface area contributed by atoms with Crippen LogP contribution in [0.15, 0.2) is 24.3 Å². The lowest BCUT2D eigenvalue weighted by Gasteiger charge is -2.20. The Morgan fingerprint density at radius 1 is 1.27 bits per heavy atom. The predicted octanol–water partition coefficient (Wildman–Crippen LogP) is 2.89. The van der Waals surface area contributed by atoms with Crippen LogP contribution in [0.2, 0.25) is 0 Å². The molecule has 0 spiro atoms. The standard InChI is InChI=1S/C18H30N2O4S2/c1-7-16(17(21)19-12-13-25-18(2,3)4)24-15-10-8-14(9-11-15)20(5)26(6,22)23/h8-11,16H,7,12-13H2,1-6H3,(H,19,21)/t16-/m1/s1. The summed E-state index contributed by atoms with van der Waals surface area (Å²) in [4.78, 5) is 12.3. The van der Waals surface area contributed by atoms with E-state index in [2.05, 4.69) is 26.1 Å². The van der Waals surface area contributed by atoms with E-state index in [1.165, 1.54) is 11.4 Å². The number of hydrogen-bond donors (Lipinski definition) is 1. The molecule has 1 amide bonds. The quantitative estimate of drug-likeness (QED) is 0.643. The number of carbonyl (C=O) groups is 1. The Kier molecular flexibility index (Phi) is 8.27. The normalized spacial score (nSPS) is 13.2. The maximum Gasteiger partial charge on any atom is 0.261 e. The molecule has 1 aromatic rings. The highest BCUT2D eigenvalue weighted by atomic mass is 32.2. The third-order valence-electron chi connectivity index (χ3n) is 3.58. The van der Waals surface area contributed by atoms with E-state index >= 15 is 0 Å². The van der Waals surface area contributed by atoms with Crippen molar-refractivity contribution >= 4 is 33.4 Å². The van der Waals surface area contributed by atoms with Gasteiger partial charge >= 0.3 is 0 Å². The first-order valence-corrected chi connectivity index (χ1v) is 11.4. The van der Waals surface area contributed by atoms with Gasteiger partial charge in [0.1, 0.15) is 5.75 Å². The second kappa shape index (κ2) is 9.50. The van der Waals surface area contributed by atoms with Crippen molar-refractivity contribution in [3.8, 4) is 5.75 Å². The van der Waals surface area contributed by atoms with E-state index in [4.69, 9.17) is 4.74 Å². The monoisotopic (exact) mass is 402 g/mol. The van der Waals surface area contributed by atoms with Crippen molar-refractivity contribution < 1.29 is 17.9 Å². The van der Waals surface area contributed by atoms with Crippen LogP contribution in [0.5, 0.6) is 5.75 Å². The summed E-state index contributed by atoms with van der Waals surface area (Å²) in [5.74, 6) is 1.24. The smallest absolute Gasteiger partial charge is 0.261 e. The predicted molar refractivity (Wildman–Crippen MR) is 110 cm³/mol. The van der Waals surface area contributed by atoms with Gasteiger partial charge in [-0.3, -0.25) is 9.10 Å². The van der Waals surface area contributed by atoms with Crippen molar-refractivity contribution in [1.29, 1.82) is 0 Å². The van der Waals surface area contributed by atoms with Crippen LogP contribution in [0.3, 0.4) is 0 Å². The van der Waals surface area contributed by atoms with Gasteiger partial charge in [0.25, 0.3) is 5.91 Å². The number of rotatable bonds is 9. The van der Waals surface area contributed by atoms with Crippen LogP contribution >= 0.6 is 11.8 Å². The van der Waals surface area contributed by atoms with E-state index in [9.17, 15) is 13.2 Å². The molecule has 0 saturated carbocycles. The Bertz CT molecular complexity index is 682. The highest BCUT2D eigenvalue weighted by molar-refractivity contribution is 8.00. The first-order valence-electron chi connectivity index (χ1n) is 8.56. The van der Waals surface area contributed by atoms with Gasteiger partial charge in [-0.05, 0) is 30.7 Å². The minimum absolute atomic E-state index is 0.140. The van der Waals surface area contributed by atoms with Crippen LogP contribution in [0, 0.1) is 0 Å². The zero-order valence-corrected chi connectivity index (χ0v) is 18.0. The first-order chi connectivity index (χ1) is 11.9. The zero-order chi connectivity index (χ0) is 20.0. The molecule has 0 aromatic heterocycles. The fourth-order valence-corrected chi connectivity index (χ4v) is 3.38. The first kappa shape index (κ1) is 22.6. The molecule has 0 aliphatic carbocycles. The summed E-state index contributed by atoms with van der Waals surface area (Å²) >= 11 is 1.80. The molecule has 1 aromatic carbocycles. The van der Waals surface area contributed by atoms with Crippen molar-refractivity contribution in [1.82, 2.24) is 5.32 Å². The van der Waals surface area contributed by atoms with Gasteiger partial charge in [0.15, 0.2) is 6.10 Å². The van der Waals surface area contributed by atoms with E-state index < -0.39 is 16.1 Å². The number of anilines is 1. The number of thioether (sulfide) groups is 1. The van der Waals surface area contributed by atoms with Gasteiger partial charge < -0.3 is 10.1 Å². The minimum Gasteiger partial charge on any atom is -0.481 e. The largest absolute Gasteiger partial charge is 0.481 e. The Morgan fingerprint density at radius 3 is 2.31 bits per heavy atom. The molecule has 0 unspecified atom stereocenters. The third-order valence-corrected chi connectivity index (χ3v) is 6.06. The molecule has 1 atom stereocenters. The van der Waals surface area contributed by atoms with E-state index in [1.807, 2.05) is 6.92 Å². The van der Waals surface area contributed by atoms with Crippen molar-refractivity contribution in [2.45, 2.75) is 45.0 Å². The molecule has 0 fully saturated rings. The molecular weight excluding hydrogens is 372 g/mol. The molecule has 1 rings (SSSR count). The van der Waals surface area contributed by atoms with Crippen LogP contribution in [-0.4, -0.2) is 50.8 Å². The summed E-state index contributed by atoms with van der Waals surface area (Å²) in [5.41, 5.74) is 0.538. The highest BCUT2D eigenvalue weighted by Crippen LogP contribution is 2.23. The summed E-state index contributed by atoms with van der Waals surface area (Å²) in [6.45, 7) is 8.91. The fourth-order valence-electron chi connectivity index (χ4n) is 2.06. The molecule has 0 radical (unpaired) electrons. The fraction of sp³-hybridized carbons (Fsp3) is 0.611. The third kappa shape index (κ3) is 7.86. The number of ether oxygens (including phenoxy) is 1. The van der Waals surface area contributed by atoms with Crippen molar-refractivity contribution in [3.05, 3.63) is 24.3 Å². The zero-order valence-electron chi connectivity index (χ0n) is 16.4. The minimum atomic E-state index is -3.31. The summed E-state index contributed by atoms with van der Waals surface area (Å²) in [6, 6.07) is 6.65. The van der Waals surface area contributed by atoms with Gasteiger partial charge in [0.2, 0.25) is 10.0 Å². The van der Waals surface area contributed by atoms with Crippen LogP contribution in [0.25, 0.3) is 0 Å². The Balaban J connectivity index is 2.60. The Hall–Kier alpha value is -1.41. The van der Waals surface area contributed by atoms with Crippen molar-refractivity contribution in [2.24, 2.45) is 0 Å². The van der Waals surface area contributed by atoms with E-state index in [1.54, 1.807) is 36.0 Å². The van der Waals surface area contributed by atoms with Crippen LogP contribution in [0.4, 0.5) is 5.69 Å². The molecule has 1 N–H and O–H groups in total. The van der Waals surface area contributed by atoms with E-state index in [-0.39, 0.29) is 10.7 Å². The van der Waals surface area contributed by atoms with E-state index in [0.717, 1.165) is 12.0 Å². The van der Waals surface area contributed by atoms with Crippen molar-refractivity contribution in [3.63, 3.8) is 0 Å². The SMILES string of the molecule is CC[C@@H](Oc1ccc(N(C)S(C)(=O)=O)cc1)C(=O)NCCSC(C)(C)C. The summed E-state index contributed by atoms with van der Waals surface area (Å²) in [7, 11) is -1.82. The molecule has 0 saturated heterocycles. The second-order valence-electron chi connectivity index (χ2n) is 6.99. The highest BCUT2D eigenvalue weighted by Gasteiger charge is 2.19. The van der Waals surface area contributed by atoms with Gasteiger partial charge in [-0.2, -0.15) is 11.8 Å². The summed E-state index contributed by atoms with van der Waals surface area (Å²) < 4.78 is 30.2. The summed E-state index contributed by atoms with van der Waals surface area (Å²) in [5, 5.41) is 2.90. The van der Waals surface area contributed by atoms with Gasteiger partial charge in [-0.15, -0.1) is 0 Å². The Morgan fingerprint density at radius 2 is 1.85 bits per heavy atom. The van der Waals surface area contributed by atoms with Crippen LogP contribution in [0.1, 0.15) is 34.1 Å². The van der Waals surface area contributed by atoms with Gasteiger partial charge in [-0.1, -0.05) is 27.7 Å². The molecule has 148 valence electrons. The van der Waals surface area contributed by atoms with Crippen LogP contribution < -0.4 is 14.4 Å². The van der Waals surface area contributed by atoms with Gasteiger partial charge in [0.05, 0.1) is 11.9 Å².